The van der Waals surface area contributed by atoms with Crippen LogP contribution in [0.5, 0.6) is 0 Å². The maximum absolute atomic E-state index is 5.54. The van der Waals surface area contributed by atoms with Gasteiger partial charge in [-0.05, 0) is 51.9 Å². The highest BCUT2D eigenvalue weighted by Crippen LogP contribution is 2.48. The average Bonchev–Trinajstić information content (AvgIpc) is 3.82. The zero-order chi connectivity index (χ0) is 32.5. The Bertz CT molecular complexity index is 3370. The Morgan fingerprint density at radius 2 is 0.980 bits per heavy atom. The molecule has 230 valence electrons. The molecule has 50 heavy (non-hydrogen) atoms. The molecule has 12 aromatic rings. The van der Waals surface area contributed by atoms with Gasteiger partial charge >= 0.3 is 0 Å². The summed E-state index contributed by atoms with van der Waals surface area (Å²) in [6.45, 7) is 0. The molecule has 4 heterocycles. The van der Waals surface area contributed by atoms with Crippen LogP contribution in [0.4, 0.5) is 0 Å². The van der Waals surface area contributed by atoms with Crippen molar-refractivity contribution in [2.45, 2.75) is 0 Å². The van der Waals surface area contributed by atoms with Gasteiger partial charge in [-0.2, -0.15) is 0 Å². The molecule has 0 aliphatic heterocycles. The largest absolute Gasteiger partial charge is 0.308 e. The standard InChI is InChI=1S/C46H26N4/c1-2-14-29(15-3-1)43-40-30-16-6-4-12-27(30)22-24-36(40)47-46(48-43)50-38-21-11-9-19-33(38)35-26-34-32-18-8-10-20-37(32)49-39-25-23-28-13-5-7-17-31(28)41(39)42(44(34)49)45(35)50/h1-26H. The summed E-state index contributed by atoms with van der Waals surface area (Å²) in [6, 6.07) is 56.7. The van der Waals surface area contributed by atoms with Gasteiger partial charge in [0.1, 0.15) is 0 Å². The molecule has 4 heteroatoms. The van der Waals surface area contributed by atoms with Gasteiger partial charge in [-0.1, -0.05) is 127 Å². The van der Waals surface area contributed by atoms with E-state index in [0.717, 1.165) is 38.6 Å². The Hall–Kier alpha value is -6.78. The molecule has 0 saturated heterocycles. The molecule has 0 aliphatic rings. The smallest absolute Gasteiger partial charge is 0.235 e. The van der Waals surface area contributed by atoms with Crippen LogP contribution in [0.1, 0.15) is 0 Å². The summed E-state index contributed by atoms with van der Waals surface area (Å²) >= 11 is 0. The van der Waals surface area contributed by atoms with Crippen molar-refractivity contribution in [2.75, 3.05) is 0 Å². The first-order chi connectivity index (χ1) is 24.8. The lowest BCUT2D eigenvalue weighted by atomic mass is 9.99. The molecular weight excluding hydrogens is 609 g/mol. The molecule has 0 N–H and O–H groups in total. The van der Waals surface area contributed by atoms with E-state index in [1.807, 2.05) is 0 Å². The van der Waals surface area contributed by atoms with E-state index in [-0.39, 0.29) is 0 Å². The monoisotopic (exact) mass is 634 g/mol. The second-order valence-electron chi connectivity index (χ2n) is 13.3. The quantitative estimate of drug-likeness (QED) is 0.177. The third kappa shape index (κ3) is 3.25. The van der Waals surface area contributed by atoms with Gasteiger partial charge < -0.3 is 4.40 Å². The number of benzene rings is 8. The lowest BCUT2D eigenvalue weighted by molar-refractivity contribution is 1.02. The van der Waals surface area contributed by atoms with Crippen molar-refractivity contribution in [2.24, 2.45) is 0 Å². The highest BCUT2D eigenvalue weighted by molar-refractivity contribution is 6.37. The van der Waals surface area contributed by atoms with Crippen molar-refractivity contribution in [3.8, 4) is 17.2 Å². The molecule has 4 aromatic heterocycles. The minimum Gasteiger partial charge on any atom is -0.308 e. The summed E-state index contributed by atoms with van der Waals surface area (Å²) in [5.74, 6) is 0.671. The molecule has 0 radical (unpaired) electrons. The van der Waals surface area contributed by atoms with Gasteiger partial charge in [0.2, 0.25) is 5.95 Å². The summed E-state index contributed by atoms with van der Waals surface area (Å²) in [7, 11) is 0. The van der Waals surface area contributed by atoms with Crippen molar-refractivity contribution in [1.29, 1.82) is 0 Å². The molecule has 0 atom stereocenters. The highest BCUT2D eigenvalue weighted by atomic mass is 15.2. The van der Waals surface area contributed by atoms with E-state index in [0.29, 0.717) is 5.95 Å². The maximum Gasteiger partial charge on any atom is 0.235 e. The van der Waals surface area contributed by atoms with E-state index >= 15 is 0 Å². The second kappa shape index (κ2) is 9.43. The van der Waals surface area contributed by atoms with Crippen LogP contribution in [0.2, 0.25) is 0 Å². The SMILES string of the molecule is c1ccc(-c2nc(-n3c4ccccc4c4cc5c6ccccc6n6c7ccc8ccccc8c7c(c43)c56)nc3ccc4ccccc4c23)cc1. The summed E-state index contributed by atoms with van der Waals surface area (Å²) < 4.78 is 4.81. The predicted molar refractivity (Wildman–Crippen MR) is 209 cm³/mol. The first-order valence-corrected chi connectivity index (χ1v) is 17.1. The van der Waals surface area contributed by atoms with Gasteiger partial charge in [0.15, 0.2) is 0 Å². The van der Waals surface area contributed by atoms with E-state index < -0.39 is 0 Å². The number of rotatable bonds is 2. The van der Waals surface area contributed by atoms with Gasteiger partial charge in [0.05, 0.1) is 38.8 Å². The molecule has 4 nitrogen and oxygen atoms in total. The van der Waals surface area contributed by atoms with Crippen LogP contribution in [-0.4, -0.2) is 18.9 Å². The van der Waals surface area contributed by atoms with Gasteiger partial charge in [0.25, 0.3) is 0 Å². The van der Waals surface area contributed by atoms with Crippen LogP contribution in [0, 0.1) is 0 Å². The lowest BCUT2D eigenvalue weighted by Gasteiger charge is -2.14. The van der Waals surface area contributed by atoms with E-state index in [9.17, 15) is 0 Å². The molecule has 8 aromatic carbocycles. The Morgan fingerprint density at radius 3 is 1.76 bits per heavy atom. The van der Waals surface area contributed by atoms with Crippen molar-refractivity contribution < 1.29 is 0 Å². The fraction of sp³-hybridized carbons (Fsp3) is 0. The van der Waals surface area contributed by atoms with Gasteiger partial charge in [0, 0.05) is 43.3 Å². The highest BCUT2D eigenvalue weighted by Gasteiger charge is 2.26. The Morgan fingerprint density at radius 1 is 0.380 bits per heavy atom. The number of hydrogen-bond donors (Lipinski definition) is 0. The maximum atomic E-state index is 5.54. The number of aromatic nitrogens is 4. The third-order valence-corrected chi connectivity index (χ3v) is 10.8. The Balaban J connectivity index is 1.35. The molecule has 0 amide bonds. The summed E-state index contributed by atoms with van der Waals surface area (Å²) in [6.07, 6.45) is 0. The van der Waals surface area contributed by atoms with Gasteiger partial charge in [-0.3, -0.25) is 4.57 Å². The topological polar surface area (TPSA) is 35.1 Å². The zero-order valence-electron chi connectivity index (χ0n) is 26.8. The first-order valence-electron chi connectivity index (χ1n) is 17.1. The second-order valence-corrected chi connectivity index (χ2v) is 13.3. The van der Waals surface area contributed by atoms with E-state index in [1.54, 1.807) is 0 Å². The minimum atomic E-state index is 0.671. The summed E-state index contributed by atoms with van der Waals surface area (Å²) in [5, 5.41) is 13.3. The third-order valence-electron chi connectivity index (χ3n) is 10.8. The van der Waals surface area contributed by atoms with Crippen LogP contribution in [0.3, 0.4) is 0 Å². The number of hydrogen-bond acceptors (Lipinski definition) is 2. The fourth-order valence-corrected chi connectivity index (χ4v) is 8.77. The van der Waals surface area contributed by atoms with Crippen LogP contribution in [0.15, 0.2) is 158 Å². The molecule has 0 aliphatic carbocycles. The van der Waals surface area contributed by atoms with Crippen molar-refractivity contribution in [1.82, 2.24) is 18.9 Å². The Labute approximate surface area is 285 Å². The van der Waals surface area contributed by atoms with Crippen molar-refractivity contribution in [3.05, 3.63) is 158 Å². The first kappa shape index (κ1) is 26.2. The number of nitrogens with zero attached hydrogens (tertiary/aromatic N) is 4. The summed E-state index contributed by atoms with van der Waals surface area (Å²) in [4.78, 5) is 11.0. The van der Waals surface area contributed by atoms with Crippen molar-refractivity contribution in [3.63, 3.8) is 0 Å². The molecule has 0 bridgehead atoms. The molecular formula is C46H26N4. The number of fused-ring (bicyclic) bond motifs is 15. The molecule has 0 unspecified atom stereocenters. The fourth-order valence-electron chi connectivity index (χ4n) is 8.77. The minimum absolute atomic E-state index is 0.671. The zero-order valence-corrected chi connectivity index (χ0v) is 26.8. The molecule has 0 spiro atoms. The van der Waals surface area contributed by atoms with Crippen LogP contribution < -0.4 is 0 Å². The van der Waals surface area contributed by atoms with Crippen molar-refractivity contribution >= 4 is 92.3 Å². The molecule has 0 fully saturated rings. The van der Waals surface area contributed by atoms with E-state index in [4.69, 9.17) is 9.97 Å². The van der Waals surface area contributed by atoms with Crippen LogP contribution in [0.25, 0.3) is 110 Å². The summed E-state index contributed by atoms with van der Waals surface area (Å²) in [5.41, 5.74) is 8.84. The number of para-hydroxylation sites is 2. The van der Waals surface area contributed by atoms with Gasteiger partial charge in [-0.25, -0.2) is 9.97 Å². The van der Waals surface area contributed by atoms with Crippen LogP contribution in [-0.2, 0) is 0 Å². The Kier molecular flexibility index (Phi) is 4.94. The predicted octanol–water partition coefficient (Wildman–Crippen LogP) is 11.9. The molecule has 0 saturated carbocycles. The van der Waals surface area contributed by atoms with Crippen LogP contribution >= 0.6 is 0 Å². The van der Waals surface area contributed by atoms with E-state index in [2.05, 4.69) is 167 Å². The van der Waals surface area contributed by atoms with E-state index in [1.165, 1.54) is 65.0 Å². The van der Waals surface area contributed by atoms with Gasteiger partial charge in [-0.15, -0.1) is 0 Å². The lowest BCUT2D eigenvalue weighted by Crippen LogP contribution is -2.04. The normalized spacial score (nSPS) is 12.4. The average molecular weight is 635 g/mol. The molecule has 12 rings (SSSR count).